The van der Waals surface area contributed by atoms with Gasteiger partial charge in [-0.25, -0.2) is 0 Å². The lowest BCUT2D eigenvalue weighted by atomic mass is 10.3. The van der Waals surface area contributed by atoms with E-state index in [2.05, 4.69) is 4.98 Å². The molecule has 0 fully saturated rings. The van der Waals surface area contributed by atoms with Crippen molar-refractivity contribution in [1.82, 2.24) is 4.98 Å². The minimum Gasteiger partial charge on any atom is -0.347 e. The number of aromatic nitrogens is 1. The Bertz CT molecular complexity index is 220. The minimum absolute atomic E-state index is 0.323. The van der Waals surface area contributed by atoms with Gasteiger partial charge < -0.3 is 9.47 Å². The Hall–Kier alpha value is -0.930. The lowest BCUT2D eigenvalue weighted by molar-refractivity contribution is -0.142. The number of hydrogen-bond donors (Lipinski definition) is 0. The van der Waals surface area contributed by atoms with Crippen LogP contribution in [0.2, 0.25) is 0 Å². The van der Waals surface area contributed by atoms with Crippen LogP contribution in [0.4, 0.5) is 0 Å². The van der Waals surface area contributed by atoms with E-state index < -0.39 is 0 Å². The van der Waals surface area contributed by atoms with E-state index in [0.29, 0.717) is 13.2 Å². The monoisotopic (exact) mass is 181 g/mol. The lowest BCUT2D eigenvalue weighted by Crippen LogP contribution is -2.10. The summed E-state index contributed by atoms with van der Waals surface area (Å²) in [4.78, 5) is 4.17. The van der Waals surface area contributed by atoms with Gasteiger partial charge in [0.2, 0.25) is 6.29 Å². The SMILES string of the molecule is CCOC(OCC)c1ccccn1. The normalized spacial score (nSPS) is 10.7. The highest BCUT2D eigenvalue weighted by molar-refractivity contribution is 5.04. The summed E-state index contributed by atoms with van der Waals surface area (Å²) in [6.07, 6.45) is 1.41. The quantitative estimate of drug-likeness (QED) is 0.652. The van der Waals surface area contributed by atoms with E-state index in [0.717, 1.165) is 5.69 Å². The van der Waals surface area contributed by atoms with Crippen LogP contribution in [0.1, 0.15) is 25.8 Å². The molecule has 0 aliphatic rings. The first kappa shape index (κ1) is 10.2. The molecule has 72 valence electrons. The van der Waals surface area contributed by atoms with Gasteiger partial charge in [-0.3, -0.25) is 4.98 Å². The summed E-state index contributed by atoms with van der Waals surface area (Å²) >= 11 is 0. The summed E-state index contributed by atoms with van der Waals surface area (Å²) in [7, 11) is 0. The van der Waals surface area contributed by atoms with Crippen molar-refractivity contribution in [3.8, 4) is 0 Å². The number of pyridine rings is 1. The van der Waals surface area contributed by atoms with E-state index in [4.69, 9.17) is 9.47 Å². The Balaban J connectivity index is 2.64. The molecule has 1 aromatic rings. The van der Waals surface area contributed by atoms with Crippen LogP contribution in [-0.2, 0) is 9.47 Å². The molecule has 0 aliphatic heterocycles. The molecule has 1 rings (SSSR count). The van der Waals surface area contributed by atoms with E-state index in [1.54, 1.807) is 6.20 Å². The molecule has 13 heavy (non-hydrogen) atoms. The van der Waals surface area contributed by atoms with Crippen LogP contribution >= 0.6 is 0 Å². The molecule has 3 heteroatoms. The molecule has 1 heterocycles. The highest BCUT2D eigenvalue weighted by Gasteiger charge is 2.10. The largest absolute Gasteiger partial charge is 0.347 e. The van der Waals surface area contributed by atoms with Crippen LogP contribution < -0.4 is 0 Å². The fraction of sp³-hybridized carbons (Fsp3) is 0.500. The van der Waals surface area contributed by atoms with Gasteiger partial charge in [0.1, 0.15) is 0 Å². The zero-order valence-corrected chi connectivity index (χ0v) is 8.06. The highest BCUT2D eigenvalue weighted by atomic mass is 16.7. The van der Waals surface area contributed by atoms with Gasteiger partial charge in [0.15, 0.2) is 0 Å². The highest BCUT2D eigenvalue weighted by Crippen LogP contribution is 2.15. The average molecular weight is 181 g/mol. The standard InChI is InChI=1S/C10H15NO2/c1-3-12-10(13-4-2)9-7-5-6-8-11-9/h5-8,10H,3-4H2,1-2H3. The van der Waals surface area contributed by atoms with Gasteiger partial charge in [0, 0.05) is 19.4 Å². The minimum atomic E-state index is -0.323. The van der Waals surface area contributed by atoms with Gasteiger partial charge >= 0.3 is 0 Å². The van der Waals surface area contributed by atoms with Crippen molar-refractivity contribution in [2.24, 2.45) is 0 Å². The van der Waals surface area contributed by atoms with Crippen LogP contribution in [0.5, 0.6) is 0 Å². The third kappa shape index (κ3) is 3.13. The van der Waals surface area contributed by atoms with Crippen molar-refractivity contribution in [2.45, 2.75) is 20.1 Å². The van der Waals surface area contributed by atoms with E-state index in [9.17, 15) is 0 Å². The van der Waals surface area contributed by atoms with Crippen molar-refractivity contribution in [3.63, 3.8) is 0 Å². The Labute approximate surface area is 78.7 Å². The number of ether oxygens (including phenoxy) is 2. The van der Waals surface area contributed by atoms with Gasteiger partial charge in [-0.05, 0) is 26.0 Å². The summed E-state index contributed by atoms with van der Waals surface area (Å²) in [5.74, 6) is 0. The second-order valence-corrected chi connectivity index (χ2v) is 2.50. The third-order valence-corrected chi connectivity index (χ3v) is 1.57. The molecule has 0 unspecified atom stereocenters. The van der Waals surface area contributed by atoms with Crippen LogP contribution in [0, 0.1) is 0 Å². The zero-order chi connectivity index (χ0) is 9.52. The van der Waals surface area contributed by atoms with E-state index in [-0.39, 0.29) is 6.29 Å². The summed E-state index contributed by atoms with van der Waals surface area (Å²) in [6, 6.07) is 5.70. The van der Waals surface area contributed by atoms with Gasteiger partial charge in [-0.1, -0.05) is 6.07 Å². The molecule has 0 atom stereocenters. The molecule has 0 saturated carbocycles. The number of hydrogen-bond acceptors (Lipinski definition) is 3. The third-order valence-electron chi connectivity index (χ3n) is 1.57. The topological polar surface area (TPSA) is 31.4 Å². The second kappa shape index (κ2) is 5.67. The van der Waals surface area contributed by atoms with Crippen LogP contribution in [0.3, 0.4) is 0 Å². The predicted octanol–water partition coefficient (Wildman–Crippen LogP) is 2.15. The first-order valence-electron chi connectivity index (χ1n) is 4.52. The zero-order valence-electron chi connectivity index (χ0n) is 8.06. The van der Waals surface area contributed by atoms with Crippen molar-refractivity contribution in [1.29, 1.82) is 0 Å². The Morgan fingerprint density at radius 3 is 2.38 bits per heavy atom. The first-order valence-corrected chi connectivity index (χ1v) is 4.52. The molecule has 0 N–H and O–H groups in total. The smallest absolute Gasteiger partial charge is 0.201 e. The summed E-state index contributed by atoms with van der Waals surface area (Å²) in [5, 5.41) is 0. The molecule has 3 nitrogen and oxygen atoms in total. The molecule has 0 aliphatic carbocycles. The molecular formula is C10H15NO2. The molecule has 1 aromatic heterocycles. The fourth-order valence-corrected chi connectivity index (χ4v) is 1.04. The van der Waals surface area contributed by atoms with Crippen molar-refractivity contribution < 1.29 is 9.47 Å². The van der Waals surface area contributed by atoms with E-state index in [1.165, 1.54) is 0 Å². The number of rotatable bonds is 5. The molecule has 0 radical (unpaired) electrons. The molecule has 0 saturated heterocycles. The Morgan fingerprint density at radius 2 is 1.92 bits per heavy atom. The van der Waals surface area contributed by atoms with Gasteiger partial charge in [-0.15, -0.1) is 0 Å². The molecule has 0 aromatic carbocycles. The molecule has 0 bridgehead atoms. The molecule has 0 amide bonds. The van der Waals surface area contributed by atoms with Gasteiger partial charge in [0.05, 0.1) is 5.69 Å². The first-order chi connectivity index (χ1) is 6.38. The van der Waals surface area contributed by atoms with Crippen molar-refractivity contribution in [3.05, 3.63) is 30.1 Å². The van der Waals surface area contributed by atoms with E-state index in [1.807, 2.05) is 32.0 Å². The summed E-state index contributed by atoms with van der Waals surface area (Å²) in [5.41, 5.74) is 0.825. The second-order valence-electron chi connectivity index (χ2n) is 2.50. The van der Waals surface area contributed by atoms with Crippen molar-refractivity contribution in [2.75, 3.05) is 13.2 Å². The van der Waals surface area contributed by atoms with Crippen molar-refractivity contribution >= 4 is 0 Å². The van der Waals surface area contributed by atoms with Crippen LogP contribution in [0.15, 0.2) is 24.4 Å². The maximum Gasteiger partial charge on any atom is 0.201 e. The average Bonchev–Trinajstić information content (AvgIpc) is 2.19. The van der Waals surface area contributed by atoms with Gasteiger partial charge in [0.25, 0.3) is 0 Å². The maximum atomic E-state index is 5.38. The Morgan fingerprint density at radius 1 is 1.23 bits per heavy atom. The predicted molar refractivity (Wildman–Crippen MR) is 50.2 cm³/mol. The Kier molecular flexibility index (Phi) is 4.43. The van der Waals surface area contributed by atoms with Gasteiger partial charge in [-0.2, -0.15) is 0 Å². The summed E-state index contributed by atoms with van der Waals surface area (Å²) in [6.45, 7) is 5.13. The maximum absolute atomic E-state index is 5.38. The fourth-order valence-electron chi connectivity index (χ4n) is 1.04. The lowest BCUT2D eigenvalue weighted by Gasteiger charge is -2.15. The molecular weight excluding hydrogens is 166 g/mol. The van der Waals surface area contributed by atoms with Crippen LogP contribution in [-0.4, -0.2) is 18.2 Å². The van der Waals surface area contributed by atoms with E-state index >= 15 is 0 Å². The molecule has 0 spiro atoms. The van der Waals surface area contributed by atoms with Crippen LogP contribution in [0.25, 0.3) is 0 Å². The summed E-state index contributed by atoms with van der Waals surface area (Å²) < 4.78 is 10.8. The number of nitrogens with zero attached hydrogens (tertiary/aromatic N) is 1.